The minimum absolute atomic E-state index is 0.0623. The molecule has 0 heterocycles. The van der Waals surface area contributed by atoms with Gasteiger partial charge in [0, 0.05) is 0 Å². The summed E-state index contributed by atoms with van der Waals surface area (Å²) in [5.74, 6) is -7.73. The van der Waals surface area contributed by atoms with Crippen molar-refractivity contribution in [3.63, 3.8) is 0 Å². The second-order valence-corrected chi connectivity index (χ2v) is 4.52. The summed E-state index contributed by atoms with van der Waals surface area (Å²) in [5, 5.41) is 26.4. The summed E-state index contributed by atoms with van der Waals surface area (Å²) in [5.41, 5.74) is 0.880. The van der Waals surface area contributed by atoms with E-state index in [2.05, 4.69) is 12.0 Å². The summed E-state index contributed by atoms with van der Waals surface area (Å²) in [7, 11) is 4.39. The summed E-state index contributed by atoms with van der Waals surface area (Å²) in [4.78, 5) is 0.0623. The molecule has 92 valence electrons. The monoisotopic (exact) mass is 260 g/mol. The lowest BCUT2D eigenvalue weighted by Crippen LogP contribution is -2.54. The van der Waals surface area contributed by atoms with Crippen LogP contribution in [0, 0.1) is 6.92 Å². The fourth-order valence-corrected chi connectivity index (χ4v) is 1.64. The van der Waals surface area contributed by atoms with Gasteiger partial charge < -0.3 is 15.3 Å². The van der Waals surface area contributed by atoms with E-state index in [0.29, 0.717) is 0 Å². The maximum absolute atomic E-state index is 12.7. The van der Waals surface area contributed by atoms with Crippen molar-refractivity contribution in [1.29, 1.82) is 0 Å². The molecule has 1 aromatic rings. The number of alkyl halides is 1. The zero-order valence-corrected chi connectivity index (χ0v) is 9.65. The van der Waals surface area contributed by atoms with Crippen molar-refractivity contribution in [2.75, 3.05) is 0 Å². The van der Waals surface area contributed by atoms with Crippen LogP contribution in [0.25, 0.3) is 0 Å². The first-order chi connectivity index (χ1) is 7.63. The molecule has 1 rings (SSSR count). The molecule has 0 bridgehead atoms. The van der Waals surface area contributed by atoms with E-state index in [0.717, 1.165) is 5.56 Å². The Morgan fingerprint density at radius 1 is 1.29 bits per heavy atom. The Balaban J connectivity index is 2.83. The number of benzene rings is 1. The lowest BCUT2D eigenvalue weighted by atomic mass is 9.95. The quantitative estimate of drug-likeness (QED) is 0.499. The molecule has 2 radical (unpaired) electrons. The summed E-state index contributed by atoms with van der Waals surface area (Å²) in [6, 6.07) is 5.96. The number of hydrogen-bond donors (Lipinski definition) is 3. The number of halogens is 1. The number of rotatable bonds is 4. The Bertz CT molecular complexity index is 414. The van der Waals surface area contributed by atoms with Crippen molar-refractivity contribution in [3.8, 4) is 0 Å². The van der Waals surface area contributed by atoms with E-state index in [-0.39, 0.29) is 4.90 Å². The molecule has 0 spiro atoms. The van der Waals surface area contributed by atoms with Gasteiger partial charge in [0.05, 0.1) is 4.90 Å². The average Bonchev–Trinajstić information content (AvgIpc) is 2.16. The normalized spacial score (nSPS) is 17.5. The third-order valence-corrected chi connectivity index (χ3v) is 2.90. The molecule has 0 aromatic heterocycles. The van der Waals surface area contributed by atoms with Crippen LogP contribution in [0.1, 0.15) is 5.56 Å². The minimum Gasteiger partial charge on any atom is -0.364 e. The molecule has 0 aliphatic rings. The van der Waals surface area contributed by atoms with E-state index in [1.54, 1.807) is 19.1 Å². The van der Waals surface area contributed by atoms with Crippen LogP contribution in [-0.4, -0.2) is 39.1 Å². The van der Waals surface area contributed by atoms with Crippen LogP contribution in [0.3, 0.4) is 0 Å². The third kappa shape index (κ3) is 3.58. The molecule has 17 heavy (non-hydrogen) atoms. The predicted molar refractivity (Wildman–Crippen MR) is 57.7 cm³/mol. The molecule has 0 aliphatic heterocycles. The Morgan fingerprint density at radius 2 is 1.76 bits per heavy atom. The minimum atomic E-state index is -3.95. The van der Waals surface area contributed by atoms with Gasteiger partial charge in [-0.15, -0.1) is 0 Å². The van der Waals surface area contributed by atoms with Gasteiger partial charge in [-0.1, -0.05) is 17.7 Å². The fraction of sp³-hybridized carbons (Fsp3) is 0.333. The molecular formula is C9H10BFO5S. The van der Waals surface area contributed by atoms with Crippen LogP contribution >= 0.6 is 0 Å². The Labute approximate surface area is 101 Å². The molecule has 0 aliphatic carbocycles. The van der Waals surface area contributed by atoms with Crippen LogP contribution in [0.2, 0.25) is 0 Å². The van der Waals surface area contributed by atoms with E-state index in [1.165, 1.54) is 12.1 Å². The van der Waals surface area contributed by atoms with Crippen molar-refractivity contribution in [3.05, 3.63) is 29.8 Å². The molecule has 0 amide bonds. The Morgan fingerprint density at radius 3 is 2.18 bits per heavy atom. The van der Waals surface area contributed by atoms with Gasteiger partial charge in [0.25, 0.3) is 0 Å². The molecule has 2 atom stereocenters. The zero-order chi connectivity index (χ0) is 13.3. The second kappa shape index (κ2) is 4.83. The van der Waals surface area contributed by atoms with Gasteiger partial charge in [-0.25, -0.2) is 12.8 Å². The van der Waals surface area contributed by atoms with Gasteiger partial charge in [-0.05, 0) is 19.1 Å². The maximum Gasteiger partial charge on any atom is 0.342 e. The first-order valence-electron chi connectivity index (χ1n) is 4.46. The highest BCUT2D eigenvalue weighted by molar-refractivity contribution is 7.80. The number of aliphatic hydroxyl groups is 3. The van der Waals surface area contributed by atoms with Crippen LogP contribution in [0.5, 0.6) is 0 Å². The van der Waals surface area contributed by atoms with E-state index in [4.69, 9.17) is 15.3 Å². The first kappa shape index (κ1) is 14.3. The molecule has 0 saturated carbocycles. The smallest absolute Gasteiger partial charge is 0.342 e. The van der Waals surface area contributed by atoms with Crippen molar-refractivity contribution < 1.29 is 28.1 Å². The van der Waals surface area contributed by atoms with Crippen molar-refractivity contribution >= 4 is 18.9 Å². The standard InChI is InChI=1S/C9H10BFO5S/c1-6-2-4-7(5-3-6)17(15)16-9(13,14)8(10,11)12/h2-5,12-14H,1H3. The summed E-state index contributed by atoms with van der Waals surface area (Å²) < 4.78 is 28.2. The summed E-state index contributed by atoms with van der Waals surface area (Å²) >= 11 is -2.39. The molecule has 2 unspecified atom stereocenters. The second-order valence-electron chi connectivity index (χ2n) is 3.41. The van der Waals surface area contributed by atoms with Crippen LogP contribution in [0.4, 0.5) is 4.39 Å². The van der Waals surface area contributed by atoms with Gasteiger partial charge in [-0.2, -0.15) is 0 Å². The average molecular weight is 260 g/mol. The van der Waals surface area contributed by atoms with Gasteiger partial charge in [0.15, 0.2) is 18.9 Å². The highest BCUT2D eigenvalue weighted by Crippen LogP contribution is 2.23. The SMILES string of the molecule is [B]C(O)(F)C(O)(O)OS(=O)c1ccc(C)cc1. The third-order valence-electron chi connectivity index (χ3n) is 1.86. The summed E-state index contributed by atoms with van der Waals surface area (Å²) in [6.45, 7) is 1.79. The van der Waals surface area contributed by atoms with Crippen molar-refractivity contribution in [1.82, 2.24) is 0 Å². The fourth-order valence-electron chi connectivity index (χ4n) is 0.861. The molecule has 3 N–H and O–H groups in total. The predicted octanol–water partition coefficient (Wildman–Crippen LogP) is -0.543. The van der Waals surface area contributed by atoms with Gasteiger partial charge in [0.1, 0.15) is 0 Å². The van der Waals surface area contributed by atoms with Crippen LogP contribution < -0.4 is 0 Å². The first-order valence-corrected chi connectivity index (χ1v) is 5.54. The molecular weight excluding hydrogens is 250 g/mol. The number of aryl methyl sites for hydroxylation is 1. The van der Waals surface area contributed by atoms with Crippen LogP contribution in [-0.2, 0) is 15.3 Å². The molecule has 1 aromatic carbocycles. The topological polar surface area (TPSA) is 87.0 Å². The highest BCUT2D eigenvalue weighted by Gasteiger charge is 2.48. The molecule has 8 heteroatoms. The van der Waals surface area contributed by atoms with Gasteiger partial charge in [0.2, 0.25) is 5.75 Å². The highest BCUT2D eigenvalue weighted by atomic mass is 32.2. The lowest BCUT2D eigenvalue weighted by Gasteiger charge is -2.28. The zero-order valence-electron chi connectivity index (χ0n) is 8.83. The van der Waals surface area contributed by atoms with Gasteiger partial charge in [-0.3, -0.25) is 0 Å². The molecule has 5 nitrogen and oxygen atoms in total. The Hall–Kier alpha value is -0.795. The largest absolute Gasteiger partial charge is 0.364 e. The van der Waals surface area contributed by atoms with E-state index in [1.807, 2.05) is 0 Å². The Kier molecular flexibility index (Phi) is 4.05. The van der Waals surface area contributed by atoms with E-state index >= 15 is 0 Å². The van der Waals surface area contributed by atoms with Crippen molar-refractivity contribution in [2.24, 2.45) is 0 Å². The number of hydrogen-bond acceptors (Lipinski definition) is 5. The van der Waals surface area contributed by atoms with E-state index < -0.39 is 22.8 Å². The maximum atomic E-state index is 12.7. The van der Waals surface area contributed by atoms with E-state index in [9.17, 15) is 8.60 Å². The van der Waals surface area contributed by atoms with Gasteiger partial charge >= 0.3 is 5.97 Å². The lowest BCUT2D eigenvalue weighted by molar-refractivity contribution is -0.379. The van der Waals surface area contributed by atoms with Crippen LogP contribution in [0.15, 0.2) is 29.2 Å². The van der Waals surface area contributed by atoms with Crippen molar-refractivity contribution in [2.45, 2.75) is 23.5 Å². The molecule has 0 fully saturated rings. The molecule has 0 saturated heterocycles. The summed E-state index contributed by atoms with van der Waals surface area (Å²) in [6.07, 6.45) is 0.